The van der Waals surface area contributed by atoms with Crippen molar-refractivity contribution >= 4 is 23.4 Å². The highest BCUT2D eigenvalue weighted by Gasteiger charge is 2.26. The van der Waals surface area contributed by atoms with E-state index in [0.29, 0.717) is 23.2 Å². The van der Waals surface area contributed by atoms with Gasteiger partial charge in [0.1, 0.15) is 11.8 Å². The summed E-state index contributed by atoms with van der Waals surface area (Å²) in [6.07, 6.45) is 0. The molecule has 0 radical (unpaired) electrons. The molecule has 0 saturated heterocycles. The van der Waals surface area contributed by atoms with Gasteiger partial charge in [-0.3, -0.25) is 9.59 Å². The van der Waals surface area contributed by atoms with Gasteiger partial charge in [-0.1, -0.05) is 55.3 Å². The van der Waals surface area contributed by atoms with Crippen LogP contribution in [0.4, 0.5) is 0 Å². The summed E-state index contributed by atoms with van der Waals surface area (Å²) in [5.74, 6) is 0.485. The van der Waals surface area contributed by atoms with Crippen molar-refractivity contribution < 1.29 is 14.3 Å². The molecule has 2 amide bonds. The first-order valence-electron chi connectivity index (χ1n) is 9.77. The molecule has 2 aromatic carbocycles. The van der Waals surface area contributed by atoms with E-state index in [1.807, 2.05) is 57.2 Å². The number of amides is 2. The lowest BCUT2D eigenvalue weighted by atomic mass is 10.1. The number of hydrogen-bond acceptors (Lipinski definition) is 3. The Morgan fingerprint density at radius 2 is 1.79 bits per heavy atom. The van der Waals surface area contributed by atoms with Crippen molar-refractivity contribution in [1.29, 1.82) is 0 Å². The van der Waals surface area contributed by atoms with Gasteiger partial charge in [-0.15, -0.1) is 0 Å². The van der Waals surface area contributed by atoms with Crippen LogP contribution in [0.1, 0.15) is 31.9 Å². The summed E-state index contributed by atoms with van der Waals surface area (Å²) in [5.41, 5.74) is 1.96. The summed E-state index contributed by atoms with van der Waals surface area (Å²) in [6, 6.07) is 14.1. The number of hydrogen-bond donors (Lipinski definition) is 1. The molecule has 0 saturated carbocycles. The van der Waals surface area contributed by atoms with Crippen molar-refractivity contribution in [2.24, 2.45) is 5.92 Å². The number of halogens is 1. The quantitative estimate of drug-likeness (QED) is 0.665. The monoisotopic (exact) mass is 416 g/mol. The molecule has 0 bridgehead atoms. The van der Waals surface area contributed by atoms with Crippen molar-refractivity contribution in [3.8, 4) is 5.75 Å². The van der Waals surface area contributed by atoms with Crippen LogP contribution < -0.4 is 10.1 Å². The van der Waals surface area contributed by atoms with Gasteiger partial charge in [-0.05, 0) is 49.6 Å². The van der Waals surface area contributed by atoms with Crippen LogP contribution in [-0.2, 0) is 16.1 Å². The minimum Gasteiger partial charge on any atom is -0.484 e. The van der Waals surface area contributed by atoms with E-state index in [1.54, 1.807) is 19.1 Å². The maximum absolute atomic E-state index is 12.9. The Labute approximate surface area is 178 Å². The average Bonchev–Trinajstić information content (AvgIpc) is 2.69. The fraction of sp³-hybridized carbons (Fsp3) is 0.391. The van der Waals surface area contributed by atoms with Gasteiger partial charge in [0.2, 0.25) is 5.91 Å². The second-order valence-corrected chi connectivity index (χ2v) is 8.00. The van der Waals surface area contributed by atoms with Gasteiger partial charge in [0, 0.05) is 18.1 Å². The molecule has 0 spiro atoms. The molecule has 2 rings (SSSR count). The van der Waals surface area contributed by atoms with E-state index in [9.17, 15) is 9.59 Å². The summed E-state index contributed by atoms with van der Waals surface area (Å²) in [7, 11) is 0. The van der Waals surface area contributed by atoms with Gasteiger partial charge >= 0.3 is 0 Å². The van der Waals surface area contributed by atoms with E-state index in [0.717, 1.165) is 11.1 Å². The van der Waals surface area contributed by atoms with Gasteiger partial charge in [0.05, 0.1) is 0 Å². The Hall–Kier alpha value is -2.53. The van der Waals surface area contributed by atoms with Crippen LogP contribution in [-0.4, -0.2) is 35.9 Å². The lowest BCUT2D eigenvalue weighted by Gasteiger charge is -2.29. The molecule has 1 atom stereocenters. The standard InChI is InChI=1S/C23H29ClN2O3/c1-16(2)13-25-23(28)18(4)26(14-19-6-5-7-20(24)12-19)22(27)15-29-21-10-8-17(3)9-11-21/h5-12,16,18H,13-15H2,1-4H3,(H,25,28). The number of ether oxygens (including phenoxy) is 1. The summed E-state index contributed by atoms with van der Waals surface area (Å²) in [4.78, 5) is 27.1. The van der Waals surface area contributed by atoms with Crippen molar-refractivity contribution in [1.82, 2.24) is 10.2 Å². The number of nitrogens with zero attached hydrogens (tertiary/aromatic N) is 1. The highest BCUT2D eigenvalue weighted by Crippen LogP contribution is 2.16. The van der Waals surface area contributed by atoms with Crippen LogP contribution in [0.2, 0.25) is 5.02 Å². The number of rotatable bonds is 9. The molecule has 1 N–H and O–H groups in total. The van der Waals surface area contributed by atoms with Crippen LogP contribution in [0.5, 0.6) is 5.75 Å². The number of carbonyl (C=O) groups is 2. The summed E-state index contributed by atoms with van der Waals surface area (Å²) in [6.45, 7) is 8.44. The maximum Gasteiger partial charge on any atom is 0.261 e. The van der Waals surface area contributed by atoms with E-state index in [1.165, 1.54) is 4.90 Å². The van der Waals surface area contributed by atoms with E-state index < -0.39 is 6.04 Å². The number of nitrogens with one attached hydrogen (secondary N) is 1. The zero-order valence-electron chi connectivity index (χ0n) is 17.4. The third kappa shape index (κ3) is 7.42. The molecule has 0 aromatic heterocycles. The molecular weight excluding hydrogens is 388 g/mol. The largest absolute Gasteiger partial charge is 0.484 e. The number of carbonyl (C=O) groups excluding carboxylic acids is 2. The Morgan fingerprint density at radius 3 is 2.41 bits per heavy atom. The van der Waals surface area contributed by atoms with Crippen LogP contribution in [0.3, 0.4) is 0 Å². The Balaban J connectivity index is 2.12. The molecule has 0 heterocycles. The number of aryl methyl sites for hydroxylation is 1. The van der Waals surface area contributed by atoms with Crippen molar-refractivity contribution in [3.63, 3.8) is 0 Å². The molecule has 2 aromatic rings. The summed E-state index contributed by atoms with van der Waals surface area (Å²) < 4.78 is 5.64. The molecule has 0 fully saturated rings. The molecular formula is C23H29ClN2O3. The molecule has 29 heavy (non-hydrogen) atoms. The molecule has 1 unspecified atom stereocenters. The second kappa shape index (κ2) is 10.9. The predicted molar refractivity (Wildman–Crippen MR) is 116 cm³/mol. The number of benzene rings is 2. The van der Waals surface area contributed by atoms with Crippen molar-refractivity contribution in [2.75, 3.05) is 13.2 Å². The zero-order chi connectivity index (χ0) is 21.4. The third-order valence-corrected chi connectivity index (χ3v) is 4.71. The predicted octanol–water partition coefficient (Wildman–Crippen LogP) is 4.22. The lowest BCUT2D eigenvalue weighted by Crippen LogP contribution is -2.49. The summed E-state index contributed by atoms with van der Waals surface area (Å²) >= 11 is 6.08. The average molecular weight is 417 g/mol. The fourth-order valence-electron chi connectivity index (χ4n) is 2.73. The normalized spacial score (nSPS) is 11.8. The topological polar surface area (TPSA) is 58.6 Å². The second-order valence-electron chi connectivity index (χ2n) is 7.57. The van der Waals surface area contributed by atoms with Gasteiger partial charge in [0.25, 0.3) is 5.91 Å². The van der Waals surface area contributed by atoms with Crippen LogP contribution in [0, 0.1) is 12.8 Å². The van der Waals surface area contributed by atoms with E-state index in [-0.39, 0.29) is 25.0 Å². The van der Waals surface area contributed by atoms with Gasteiger partial charge < -0.3 is 15.0 Å². The van der Waals surface area contributed by atoms with Gasteiger partial charge in [0.15, 0.2) is 6.61 Å². The Morgan fingerprint density at radius 1 is 1.10 bits per heavy atom. The first-order valence-corrected chi connectivity index (χ1v) is 10.1. The molecule has 6 heteroatoms. The van der Waals surface area contributed by atoms with E-state index in [4.69, 9.17) is 16.3 Å². The Kier molecular flexibility index (Phi) is 8.52. The fourth-order valence-corrected chi connectivity index (χ4v) is 2.94. The molecule has 156 valence electrons. The smallest absolute Gasteiger partial charge is 0.261 e. The molecule has 0 aliphatic heterocycles. The minimum atomic E-state index is -0.637. The van der Waals surface area contributed by atoms with Gasteiger partial charge in [-0.2, -0.15) is 0 Å². The molecule has 0 aliphatic rings. The minimum absolute atomic E-state index is 0.147. The van der Waals surface area contributed by atoms with Crippen LogP contribution in [0.25, 0.3) is 0 Å². The highest BCUT2D eigenvalue weighted by atomic mass is 35.5. The first kappa shape index (κ1) is 22.8. The lowest BCUT2D eigenvalue weighted by molar-refractivity contribution is -0.142. The summed E-state index contributed by atoms with van der Waals surface area (Å²) in [5, 5.41) is 3.48. The molecule has 0 aliphatic carbocycles. The SMILES string of the molecule is Cc1ccc(OCC(=O)N(Cc2cccc(Cl)c2)C(C)C(=O)NCC(C)C)cc1. The first-order chi connectivity index (χ1) is 13.8. The zero-order valence-corrected chi connectivity index (χ0v) is 18.2. The molecule has 5 nitrogen and oxygen atoms in total. The van der Waals surface area contributed by atoms with E-state index in [2.05, 4.69) is 5.32 Å². The maximum atomic E-state index is 12.9. The van der Waals surface area contributed by atoms with Crippen molar-refractivity contribution in [3.05, 3.63) is 64.7 Å². The van der Waals surface area contributed by atoms with Crippen molar-refractivity contribution in [2.45, 2.75) is 40.3 Å². The Bertz CT molecular complexity index is 821. The third-order valence-electron chi connectivity index (χ3n) is 4.48. The van der Waals surface area contributed by atoms with Crippen LogP contribution >= 0.6 is 11.6 Å². The van der Waals surface area contributed by atoms with Gasteiger partial charge in [-0.25, -0.2) is 0 Å². The van der Waals surface area contributed by atoms with E-state index >= 15 is 0 Å². The van der Waals surface area contributed by atoms with Crippen LogP contribution in [0.15, 0.2) is 48.5 Å². The highest BCUT2D eigenvalue weighted by molar-refractivity contribution is 6.30.